The van der Waals surface area contributed by atoms with Crippen LogP contribution >= 0.6 is 11.3 Å². The van der Waals surface area contributed by atoms with Gasteiger partial charge in [0.05, 0.1) is 10.7 Å². The Balaban J connectivity index is 2.14. The van der Waals surface area contributed by atoms with Gasteiger partial charge in [-0.1, -0.05) is 0 Å². The number of amides is 1. The van der Waals surface area contributed by atoms with Crippen LogP contribution in [0.2, 0.25) is 0 Å². The topological polar surface area (TPSA) is 58.4 Å². The molecule has 5 heteroatoms. The smallest absolute Gasteiger partial charge is 0.263 e. The Morgan fingerprint density at radius 1 is 1.47 bits per heavy atom. The number of rotatable bonds is 3. The molecule has 0 spiro atoms. The molecule has 1 fully saturated rings. The summed E-state index contributed by atoms with van der Waals surface area (Å²) in [4.78, 5) is 14.7. The highest BCUT2D eigenvalue weighted by atomic mass is 32.1. The summed E-state index contributed by atoms with van der Waals surface area (Å²) in [5.41, 5.74) is 6.50. The lowest BCUT2D eigenvalue weighted by Gasteiger charge is -2.26. The zero-order valence-electron chi connectivity index (χ0n) is 10.2. The van der Waals surface area contributed by atoms with Gasteiger partial charge in [-0.2, -0.15) is 0 Å². The van der Waals surface area contributed by atoms with Crippen LogP contribution in [0.1, 0.15) is 35.9 Å². The van der Waals surface area contributed by atoms with Crippen LogP contribution in [0.5, 0.6) is 0 Å². The van der Waals surface area contributed by atoms with Gasteiger partial charge in [0.2, 0.25) is 0 Å². The van der Waals surface area contributed by atoms with Crippen molar-refractivity contribution in [2.24, 2.45) is 0 Å². The van der Waals surface area contributed by atoms with Crippen LogP contribution in [0.3, 0.4) is 0 Å². The predicted molar refractivity (Wildman–Crippen MR) is 72.8 cm³/mol. The standard InChI is InChI=1S/C12H19N3OS/c1-2-14-12(16)11-9(13)8-10(17-11)15-6-4-3-5-7-15/h8H,2-7,13H2,1H3,(H,14,16). The molecule has 94 valence electrons. The van der Waals surface area contributed by atoms with Crippen LogP contribution in [0.4, 0.5) is 10.7 Å². The van der Waals surface area contributed by atoms with Crippen molar-refractivity contribution >= 4 is 27.9 Å². The molecule has 0 radical (unpaired) electrons. The number of nitrogens with zero attached hydrogens (tertiary/aromatic N) is 1. The van der Waals surface area contributed by atoms with Crippen LogP contribution in [0.25, 0.3) is 0 Å². The van der Waals surface area contributed by atoms with Crippen molar-refractivity contribution in [3.63, 3.8) is 0 Å². The molecule has 3 N–H and O–H groups in total. The van der Waals surface area contributed by atoms with Crippen molar-refractivity contribution in [3.8, 4) is 0 Å². The molecule has 0 aliphatic carbocycles. The summed E-state index contributed by atoms with van der Waals surface area (Å²) in [6.07, 6.45) is 3.77. The Kier molecular flexibility index (Phi) is 3.89. The van der Waals surface area contributed by atoms with E-state index in [1.807, 2.05) is 13.0 Å². The maximum Gasteiger partial charge on any atom is 0.263 e. The molecule has 1 aliphatic rings. The lowest BCUT2D eigenvalue weighted by Crippen LogP contribution is -2.28. The molecule has 0 atom stereocenters. The van der Waals surface area contributed by atoms with Gasteiger partial charge in [0.25, 0.3) is 5.91 Å². The van der Waals surface area contributed by atoms with E-state index in [-0.39, 0.29) is 5.91 Å². The van der Waals surface area contributed by atoms with Gasteiger partial charge >= 0.3 is 0 Å². The molecule has 0 saturated carbocycles. The number of hydrogen-bond acceptors (Lipinski definition) is 4. The van der Waals surface area contributed by atoms with E-state index in [0.717, 1.165) is 18.1 Å². The Morgan fingerprint density at radius 3 is 2.82 bits per heavy atom. The number of carbonyl (C=O) groups is 1. The van der Waals surface area contributed by atoms with Gasteiger partial charge in [-0.25, -0.2) is 0 Å². The highest BCUT2D eigenvalue weighted by Crippen LogP contribution is 2.33. The summed E-state index contributed by atoms with van der Waals surface area (Å²) >= 11 is 1.50. The van der Waals surface area contributed by atoms with Gasteiger partial charge in [0.15, 0.2) is 0 Å². The third-order valence-corrected chi connectivity index (χ3v) is 4.17. The molecule has 2 heterocycles. The van der Waals surface area contributed by atoms with Crippen LogP contribution in [-0.2, 0) is 0 Å². The number of nitrogens with two attached hydrogens (primary N) is 1. The molecule has 1 saturated heterocycles. The van der Waals surface area contributed by atoms with Crippen molar-refractivity contribution in [2.75, 3.05) is 30.3 Å². The van der Waals surface area contributed by atoms with Crippen LogP contribution in [0.15, 0.2) is 6.07 Å². The van der Waals surface area contributed by atoms with E-state index in [1.54, 1.807) is 0 Å². The summed E-state index contributed by atoms with van der Waals surface area (Å²) in [7, 11) is 0. The fraction of sp³-hybridized carbons (Fsp3) is 0.583. The zero-order valence-corrected chi connectivity index (χ0v) is 11.0. The molecule has 1 aromatic heterocycles. The first-order valence-electron chi connectivity index (χ1n) is 6.15. The monoisotopic (exact) mass is 253 g/mol. The van der Waals surface area contributed by atoms with Gasteiger partial charge in [0.1, 0.15) is 4.88 Å². The summed E-state index contributed by atoms with van der Waals surface area (Å²) in [5, 5.41) is 3.92. The largest absolute Gasteiger partial charge is 0.397 e. The molecule has 1 amide bonds. The molecule has 4 nitrogen and oxygen atoms in total. The molecule has 0 aromatic carbocycles. The Hall–Kier alpha value is -1.23. The minimum atomic E-state index is -0.0572. The number of piperidine rings is 1. The first-order chi connectivity index (χ1) is 8.22. The molecular weight excluding hydrogens is 234 g/mol. The van der Waals surface area contributed by atoms with Crippen molar-refractivity contribution in [1.29, 1.82) is 0 Å². The van der Waals surface area contributed by atoms with Crippen molar-refractivity contribution in [2.45, 2.75) is 26.2 Å². The van der Waals surface area contributed by atoms with Crippen molar-refractivity contribution < 1.29 is 4.79 Å². The lowest BCUT2D eigenvalue weighted by atomic mass is 10.1. The van der Waals surface area contributed by atoms with E-state index in [1.165, 1.54) is 30.6 Å². The van der Waals surface area contributed by atoms with Gasteiger partial charge in [-0.15, -0.1) is 11.3 Å². The Labute approximate surface area is 106 Å². The Bertz CT molecular complexity index is 396. The lowest BCUT2D eigenvalue weighted by molar-refractivity contribution is 0.0960. The van der Waals surface area contributed by atoms with Gasteiger partial charge in [-0.05, 0) is 32.3 Å². The second kappa shape index (κ2) is 5.40. The predicted octanol–water partition coefficient (Wildman–Crippen LogP) is 2.07. The normalized spacial score (nSPS) is 15.9. The molecule has 2 rings (SSSR count). The quantitative estimate of drug-likeness (QED) is 0.867. The molecule has 1 aliphatic heterocycles. The Morgan fingerprint density at radius 2 is 2.18 bits per heavy atom. The first kappa shape index (κ1) is 12.2. The van der Waals surface area contributed by atoms with Crippen LogP contribution < -0.4 is 16.0 Å². The average molecular weight is 253 g/mol. The number of nitrogens with one attached hydrogen (secondary N) is 1. The molecule has 0 unspecified atom stereocenters. The number of carbonyl (C=O) groups excluding carboxylic acids is 1. The first-order valence-corrected chi connectivity index (χ1v) is 6.96. The van der Waals surface area contributed by atoms with Gasteiger partial charge in [-0.3, -0.25) is 4.79 Å². The van der Waals surface area contributed by atoms with Crippen LogP contribution in [-0.4, -0.2) is 25.5 Å². The summed E-state index contributed by atoms with van der Waals surface area (Å²) < 4.78 is 0. The second-order valence-corrected chi connectivity index (χ2v) is 5.31. The molecule has 17 heavy (non-hydrogen) atoms. The minimum absolute atomic E-state index is 0.0572. The van der Waals surface area contributed by atoms with Gasteiger partial charge in [0, 0.05) is 19.6 Å². The van der Waals surface area contributed by atoms with E-state index in [2.05, 4.69) is 10.2 Å². The van der Waals surface area contributed by atoms with Crippen LogP contribution in [0, 0.1) is 0 Å². The average Bonchev–Trinajstić information content (AvgIpc) is 2.73. The minimum Gasteiger partial charge on any atom is -0.397 e. The number of anilines is 2. The maximum absolute atomic E-state index is 11.8. The second-order valence-electron chi connectivity index (χ2n) is 4.28. The summed E-state index contributed by atoms with van der Waals surface area (Å²) in [6.45, 7) is 4.70. The van der Waals surface area contributed by atoms with Gasteiger partial charge < -0.3 is 16.0 Å². The third-order valence-electron chi connectivity index (χ3n) is 2.96. The highest BCUT2D eigenvalue weighted by molar-refractivity contribution is 7.18. The summed E-state index contributed by atoms with van der Waals surface area (Å²) in [6, 6.07) is 1.93. The molecule has 1 aromatic rings. The zero-order chi connectivity index (χ0) is 12.3. The third kappa shape index (κ3) is 2.72. The number of nitrogen functional groups attached to an aromatic ring is 1. The maximum atomic E-state index is 11.8. The van der Waals surface area contributed by atoms with E-state index in [9.17, 15) is 4.79 Å². The number of thiophene rings is 1. The molecular formula is C12H19N3OS. The van der Waals surface area contributed by atoms with Crippen molar-refractivity contribution in [3.05, 3.63) is 10.9 Å². The highest BCUT2D eigenvalue weighted by Gasteiger charge is 2.18. The van der Waals surface area contributed by atoms with E-state index in [4.69, 9.17) is 5.73 Å². The number of hydrogen-bond donors (Lipinski definition) is 2. The van der Waals surface area contributed by atoms with E-state index < -0.39 is 0 Å². The summed E-state index contributed by atoms with van der Waals surface area (Å²) in [5.74, 6) is -0.0572. The van der Waals surface area contributed by atoms with E-state index >= 15 is 0 Å². The fourth-order valence-corrected chi connectivity index (χ4v) is 3.13. The fourth-order valence-electron chi connectivity index (χ4n) is 2.08. The SMILES string of the molecule is CCNC(=O)c1sc(N2CCCCC2)cc1N. The van der Waals surface area contributed by atoms with Crippen molar-refractivity contribution in [1.82, 2.24) is 5.32 Å². The van der Waals surface area contributed by atoms with E-state index in [0.29, 0.717) is 17.1 Å². The molecule has 0 bridgehead atoms.